The predicted octanol–water partition coefficient (Wildman–Crippen LogP) is 3.69. The molecular formula is C13H24O2. The lowest BCUT2D eigenvalue weighted by molar-refractivity contribution is -0.169. The SMILES string of the molecule is CCCCCCCCCCC1COC1=O. The van der Waals surface area contributed by atoms with Crippen molar-refractivity contribution in [2.24, 2.45) is 5.92 Å². The van der Waals surface area contributed by atoms with Gasteiger partial charge < -0.3 is 4.74 Å². The summed E-state index contributed by atoms with van der Waals surface area (Å²) in [7, 11) is 0. The molecule has 0 aromatic heterocycles. The summed E-state index contributed by atoms with van der Waals surface area (Å²) < 4.78 is 4.73. The first-order chi connectivity index (χ1) is 7.34. The van der Waals surface area contributed by atoms with Crippen molar-refractivity contribution in [2.75, 3.05) is 6.61 Å². The van der Waals surface area contributed by atoms with Gasteiger partial charge in [-0.2, -0.15) is 0 Å². The minimum atomic E-state index is 0.0259. The summed E-state index contributed by atoms with van der Waals surface area (Å²) in [5.74, 6) is 0.267. The maximum absolute atomic E-state index is 10.8. The molecule has 1 atom stereocenters. The van der Waals surface area contributed by atoms with Crippen molar-refractivity contribution in [2.45, 2.75) is 64.7 Å². The third kappa shape index (κ3) is 5.19. The fourth-order valence-electron chi connectivity index (χ4n) is 2.00. The molecule has 1 aliphatic rings. The fourth-order valence-corrected chi connectivity index (χ4v) is 2.00. The first-order valence-electron chi connectivity index (χ1n) is 6.51. The van der Waals surface area contributed by atoms with Gasteiger partial charge >= 0.3 is 5.97 Å². The quantitative estimate of drug-likeness (QED) is 0.430. The molecule has 0 aliphatic carbocycles. The Morgan fingerprint density at radius 3 is 2.13 bits per heavy atom. The molecule has 1 fully saturated rings. The van der Waals surface area contributed by atoms with E-state index < -0.39 is 0 Å². The molecule has 1 unspecified atom stereocenters. The average Bonchev–Trinajstić information content (AvgIpc) is 2.25. The van der Waals surface area contributed by atoms with Gasteiger partial charge in [-0.1, -0.05) is 58.3 Å². The largest absolute Gasteiger partial charge is 0.464 e. The Hall–Kier alpha value is -0.530. The number of hydrogen-bond acceptors (Lipinski definition) is 2. The predicted molar refractivity (Wildman–Crippen MR) is 61.7 cm³/mol. The minimum Gasteiger partial charge on any atom is -0.464 e. The van der Waals surface area contributed by atoms with E-state index in [-0.39, 0.29) is 11.9 Å². The zero-order valence-corrected chi connectivity index (χ0v) is 9.96. The van der Waals surface area contributed by atoms with Crippen LogP contribution in [0.3, 0.4) is 0 Å². The summed E-state index contributed by atoms with van der Waals surface area (Å²) in [6.45, 7) is 2.92. The molecule has 1 rings (SSSR count). The number of rotatable bonds is 9. The van der Waals surface area contributed by atoms with Crippen LogP contribution in [0.5, 0.6) is 0 Å². The van der Waals surface area contributed by atoms with Crippen LogP contribution in [0.25, 0.3) is 0 Å². The topological polar surface area (TPSA) is 26.3 Å². The van der Waals surface area contributed by atoms with E-state index in [9.17, 15) is 4.79 Å². The van der Waals surface area contributed by atoms with Crippen molar-refractivity contribution in [1.29, 1.82) is 0 Å². The van der Waals surface area contributed by atoms with E-state index in [0.29, 0.717) is 6.61 Å². The maximum atomic E-state index is 10.8. The molecule has 2 heteroatoms. The summed E-state index contributed by atoms with van der Waals surface area (Å²) in [4.78, 5) is 10.8. The Morgan fingerprint density at radius 1 is 1.07 bits per heavy atom. The van der Waals surface area contributed by atoms with Crippen LogP contribution < -0.4 is 0 Å². The van der Waals surface area contributed by atoms with E-state index in [2.05, 4.69) is 6.92 Å². The second-order valence-corrected chi connectivity index (χ2v) is 4.59. The third-order valence-corrected chi connectivity index (χ3v) is 3.17. The molecule has 88 valence electrons. The normalized spacial score (nSPS) is 19.8. The average molecular weight is 212 g/mol. The van der Waals surface area contributed by atoms with Gasteiger partial charge in [0.15, 0.2) is 0 Å². The number of esters is 1. The van der Waals surface area contributed by atoms with Crippen LogP contribution in [-0.2, 0) is 9.53 Å². The maximum Gasteiger partial charge on any atom is 0.312 e. The summed E-state index contributed by atoms with van der Waals surface area (Å²) >= 11 is 0. The molecule has 0 radical (unpaired) electrons. The lowest BCUT2D eigenvalue weighted by Crippen LogP contribution is -2.34. The molecule has 15 heavy (non-hydrogen) atoms. The van der Waals surface area contributed by atoms with Crippen LogP contribution in [0.1, 0.15) is 64.7 Å². The Kier molecular flexibility index (Phi) is 6.45. The van der Waals surface area contributed by atoms with E-state index in [1.807, 2.05) is 0 Å². The highest BCUT2D eigenvalue weighted by Crippen LogP contribution is 2.20. The number of hydrogen-bond donors (Lipinski definition) is 0. The second-order valence-electron chi connectivity index (χ2n) is 4.59. The van der Waals surface area contributed by atoms with Crippen LogP contribution in [0, 0.1) is 5.92 Å². The van der Waals surface area contributed by atoms with E-state index in [4.69, 9.17) is 4.74 Å². The van der Waals surface area contributed by atoms with Gasteiger partial charge in [0.1, 0.15) is 6.61 Å². The number of carbonyl (C=O) groups excluding carboxylic acids is 1. The minimum absolute atomic E-state index is 0.0259. The molecule has 0 bridgehead atoms. The lowest BCUT2D eigenvalue weighted by atomic mass is 9.98. The monoisotopic (exact) mass is 212 g/mol. The summed E-state index contributed by atoms with van der Waals surface area (Å²) in [6.07, 6.45) is 11.7. The van der Waals surface area contributed by atoms with E-state index in [1.165, 1.54) is 51.4 Å². The van der Waals surface area contributed by atoms with Gasteiger partial charge in [-0.3, -0.25) is 4.79 Å². The van der Waals surface area contributed by atoms with Gasteiger partial charge in [0.25, 0.3) is 0 Å². The van der Waals surface area contributed by atoms with Gasteiger partial charge in [-0.25, -0.2) is 0 Å². The van der Waals surface area contributed by atoms with Crippen LogP contribution in [0.2, 0.25) is 0 Å². The Labute approximate surface area is 93.4 Å². The van der Waals surface area contributed by atoms with Crippen molar-refractivity contribution < 1.29 is 9.53 Å². The molecule has 1 saturated heterocycles. The van der Waals surface area contributed by atoms with Gasteiger partial charge in [-0.05, 0) is 6.42 Å². The van der Waals surface area contributed by atoms with Crippen molar-refractivity contribution in [1.82, 2.24) is 0 Å². The molecule has 0 aromatic rings. The number of unbranched alkanes of at least 4 members (excludes halogenated alkanes) is 7. The van der Waals surface area contributed by atoms with Gasteiger partial charge in [0.05, 0.1) is 5.92 Å². The van der Waals surface area contributed by atoms with Crippen LogP contribution in [-0.4, -0.2) is 12.6 Å². The van der Waals surface area contributed by atoms with Crippen molar-refractivity contribution in [3.05, 3.63) is 0 Å². The van der Waals surface area contributed by atoms with Crippen molar-refractivity contribution in [3.8, 4) is 0 Å². The van der Waals surface area contributed by atoms with Gasteiger partial charge in [-0.15, -0.1) is 0 Å². The first-order valence-corrected chi connectivity index (χ1v) is 6.51. The van der Waals surface area contributed by atoms with E-state index in [0.717, 1.165) is 6.42 Å². The third-order valence-electron chi connectivity index (χ3n) is 3.17. The molecule has 0 spiro atoms. The molecule has 0 N–H and O–H groups in total. The van der Waals surface area contributed by atoms with Crippen molar-refractivity contribution in [3.63, 3.8) is 0 Å². The van der Waals surface area contributed by atoms with Crippen molar-refractivity contribution >= 4 is 5.97 Å². The number of cyclic esters (lactones) is 1. The highest BCUT2D eigenvalue weighted by Gasteiger charge is 2.29. The van der Waals surface area contributed by atoms with Crippen LogP contribution in [0.4, 0.5) is 0 Å². The Balaban J connectivity index is 1.75. The van der Waals surface area contributed by atoms with Crippen LogP contribution >= 0.6 is 0 Å². The second kappa shape index (κ2) is 7.72. The molecule has 0 aromatic carbocycles. The van der Waals surface area contributed by atoms with E-state index >= 15 is 0 Å². The van der Waals surface area contributed by atoms with E-state index in [1.54, 1.807) is 0 Å². The summed E-state index contributed by atoms with van der Waals surface area (Å²) in [5, 5.41) is 0. The molecule has 0 saturated carbocycles. The Morgan fingerprint density at radius 2 is 1.67 bits per heavy atom. The molecule has 1 aliphatic heterocycles. The molecular weight excluding hydrogens is 188 g/mol. The zero-order chi connectivity index (χ0) is 10.9. The fraction of sp³-hybridized carbons (Fsp3) is 0.923. The van der Waals surface area contributed by atoms with Gasteiger partial charge in [0, 0.05) is 0 Å². The first kappa shape index (κ1) is 12.5. The standard InChI is InChI=1S/C13H24O2/c1-2-3-4-5-6-7-8-9-10-12-11-15-13(12)14/h12H,2-11H2,1H3. The Bertz CT molecular complexity index is 177. The highest BCUT2D eigenvalue weighted by molar-refractivity contribution is 5.77. The summed E-state index contributed by atoms with van der Waals surface area (Å²) in [6, 6.07) is 0. The number of carbonyl (C=O) groups is 1. The zero-order valence-electron chi connectivity index (χ0n) is 9.96. The molecule has 1 heterocycles. The molecule has 2 nitrogen and oxygen atoms in total. The lowest BCUT2D eigenvalue weighted by Gasteiger charge is -2.24. The smallest absolute Gasteiger partial charge is 0.312 e. The number of ether oxygens (including phenoxy) is 1. The molecule has 0 amide bonds. The van der Waals surface area contributed by atoms with Crippen LogP contribution in [0.15, 0.2) is 0 Å². The van der Waals surface area contributed by atoms with Gasteiger partial charge in [0.2, 0.25) is 0 Å². The summed E-state index contributed by atoms with van der Waals surface area (Å²) in [5.41, 5.74) is 0. The highest BCUT2D eigenvalue weighted by atomic mass is 16.6.